The molecule has 0 aliphatic rings. The SMILES string of the molecule is [2H]C([2H])([2H])c1c[c-]c(-c2ccc(C([2H])([2H])[2H])cn2)cc1.[2H]C([2H])([2H])c1cnc(-c2[c-]ccc3c2oc2c3ccc3oc(-c4ccc(-c5ccccc5)cc4)nc32)cc1C([2H])([2H])[2H].[Ir]. The van der Waals surface area contributed by atoms with E-state index in [0.717, 1.165) is 33.7 Å². The molecule has 0 saturated heterocycles. The monoisotopic (exact) mass is 852 g/mol. The minimum absolute atomic E-state index is 0. The number of furan rings is 1. The fourth-order valence-corrected chi connectivity index (χ4v) is 5.67. The van der Waals surface area contributed by atoms with Gasteiger partial charge in [0.15, 0.2) is 16.7 Å². The summed E-state index contributed by atoms with van der Waals surface area (Å²) < 4.78 is 103. The molecule has 251 valence electrons. The van der Waals surface area contributed by atoms with Crippen molar-refractivity contribution in [1.29, 1.82) is 0 Å². The quantitative estimate of drug-likeness (QED) is 0.165. The Balaban J connectivity index is 0.000000239. The van der Waals surface area contributed by atoms with Crippen molar-refractivity contribution in [1.82, 2.24) is 15.0 Å². The van der Waals surface area contributed by atoms with E-state index in [1.54, 1.807) is 18.2 Å². The van der Waals surface area contributed by atoms with Crippen LogP contribution in [0.3, 0.4) is 0 Å². The fraction of sp³-hybridized carbons (Fsp3) is 0.0889. The number of pyridine rings is 2. The van der Waals surface area contributed by atoms with Crippen LogP contribution in [-0.4, -0.2) is 15.0 Å². The van der Waals surface area contributed by atoms with Gasteiger partial charge in [-0.15, -0.1) is 53.6 Å². The molecule has 6 heteroatoms. The van der Waals surface area contributed by atoms with Crippen LogP contribution in [0.2, 0.25) is 0 Å². The maximum atomic E-state index is 7.93. The number of aromatic nitrogens is 3. The molecule has 0 amide bonds. The Morgan fingerprint density at radius 2 is 1.37 bits per heavy atom. The summed E-state index contributed by atoms with van der Waals surface area (Å²) in [6.45, 7) is -9.61. The van der Waals surface area contributed by atoms with E-state index in [0.29, 0.717) is 45.0 Å². The standard InChI is InChI=1S/C32H21N2O2.C13H12N.Ir/c1-19-17-27(33-18-20(19)2)26-10-6-9-24-25-15-16-28-29(31(25)36-30(24)26)34-32(35-28)23-13-11-22(12-14-23)21-7-4-3-5-8-21;1-10-3-6-12(7-4-10)13-8-5-11(2)9-14-13;/h3-9,11-18H,1-2H3;3-6,8-9H,1-2H3;/q2*-1;/i2*1D3,2D3;. The van der Waals surface area contributed by atoms with Crippen molar-refractivity contribution >= 4 is 33.0 Å². The van der Waals surface area contributed by atoms with Crippen LogP contribution in [0, 0.1) is 39.5 Å². The number of hydrogen-bond acceptors (Lipinski definition) is 5. The van der Waals surface area contributed by atoms with Gasteiger partial charge in [0, 0.05) is 59.9 Å². The van der Waals surface area contributed by atoms with Crippen molar-refractivity contribution in [2.75, 3.05) is 0 Å². The van der Waals surface area contributed by atoms with E-state index in [2.05, 4.69) is 34.2 Å². The largest absolute Gasteiger partial charge is 0.498 e. The van der Waals surface area contributed by atoms with Gasteiger partial charge >= 0.3 is 0 Å². The Labute approximate surface area is 327 Å². The predicted octanol–water partition coefficient (Wildman–Crippen LogP) is 11.7. The molecule has 0 aliphatic carbocycles. The topological polar surface area (TPSA) is 65.0 Å². The van der Waals surface area contributed by atoms with Gasteiger partial charge < -0.3 is 18.8 Å². The third-order valence-electron chi connectivity index (χ3n) is 8.21. The number of oxazole rings is 1. The van der Waals surface area contributed by atoms with Crippen LogP contribution in [0.5, 0.6) is 0 Å². The second-order valence-electron chi connectivity index (χ2n) is 11.5. The van der Waals surface area contributed by atoms with Crippen LogP contribution in [0.4, 0.5) is 0 Å². The summed E-state index contributed by atoms with van der Waals surface area (Å²) in [6.07, 6.45) is 2.40. The normalized spacial score (nSPS) is 15.5. The molecule has 51 heavy (non-hydrogen) atoms. The number of nitrogens with zero attached hydrogens (tertiary/aromatic N) is 3. The third kappa shape index (κ3) is 6.76. The van der Waals surface area contributed by atoms with Crippen LogP contribution in [0.25, 0.3) is 78.1 Å². The van der Waals surface area contributed by atoms with E-state index >= 15 is 0 Å². The van der Waals surface area contributed by atoms with Crippen molar-refractivity contribution in [3.05, 3.63) is 162 Å². The van der Waals surface area contributed by atoms with Crippen molar-refractivity contribution < 1.29 is 45.4 Å². The molecule has 5 aromatic carbocycles. The van der Waals surface area contributed by atoms with Crippen LogP contribution in [-0.2, 0) is 20.1 Å². The van der Waals surface area contributed by atoms with E-state index in [-0.39, 0.29) is 48.1 Å². The number of rotatable bonds is 4. The van der Waals surface area contributed by atoms with Gasteiger partial charge in [0.05, 0.1) is 5.58 Å². The molecule has 4 aromatic heterocycles. The molecule has 0 spiro atoms. The van der Waals surface area contributed by atoms with Gasteiger partial charge in [-0.05, 0) is 78.5 Å². The van der Waals surface area contributed by atoms with Gasteiger partial charge in [-0.25, -0.2) is 4.98 Å². The number of benzene rings is 5. The zero-order valence-electron chi connectivity index (χ0n) is 38.6. The second kappa shape index (κ2) is 14.3. The summed E-state index contributed by atoms with van der Waals surface area (Å²) in [5.74, 6) is 0.452. The summed E-state index contributed by atoms with van der Waals surface area (Å²) >= 11 is 0. The number of fused-ring (bicyclic) bond motifs is 5. The van der Waals surface area contributed by atoms with E-state index in [4.69, 9.17) is 30.3 Å². The molecular weight excluding hydrogens is 807 g/mol. The minimum atomic E-state index is -2.65. The molecule has 4 heterocycles. The van der Waals surface area contributed by atoms with E-state index in [1.165, 1.54) is 30.5 Å². The molecule has 5 nitrogen and oxygen atoms in total. The van der Waals surface area contributed by atoms with Crippen molar-refractivity contribution in [2.24, 2.45) is 0 Å². The maximum absolute atomic E-state index is 7.93. The van der Waals surface area contributed by atoms with Crippen LogP contribution >= 0.6 is 0 Å². The first-order valence-corrected chi connectivity index (χ1v) is 15.6. The maximum Gasteiger partial charge on any atom is 0.227 e. The van der Waals surface area contributed by atoms with Gasteiger partial charge in [-0.2, -0.15) is 0 Å². The number of hydrogen-bond donors (Lipinski definition) is 0. The zero-order chi connectivity index (χ0) is 44.2. The predicted molar refractivity (Wildman–Crippen MR) is 202 cm³/mol. The smallest absolute Gasteiger partial charge is 0.227 e. The molecule has 0 unspecified atom stereocenters. The van der Waals surface area contributed by atoms with E-state index in [1.807, 2.05) is 60.7 Å². The van der Waals surface area contributed by atoms with Crippen molar-refractivity contribution in [3.63, 3.8) is 0 Å². The molecule has 0 fully saturated rings. The Morgan fingerprint density at radius 1 is 0.608 bits per heavy atom. The Morgan fingerprint density at radius 3 is 2.12 bits per heavy atom. The zero-order valence-corrected chi connectivity index (χ0v) is 29.0. The van der Waals surface area contributed by atoms with Gasteiger partial charge in [0.25, 0.3) is 0 Å². The molecular formula is C45H33IrN3O2-2. The van der Waals surface area contributed by atoms with Crippen molar-refractivity contribution in [3.8, 4) is 45.1 Å². The Bertz CT molecular complexity index is 2990. The first-order valence-electron chi connectivity index (χ1n) is 21.6. The average molecular weight is 852 g/mol. The molecule has 0 aliphatic heterocycles. The summed E-state index contributed by atoms with van der Waals surface area (Å²) in [5.41, 5.74) is 6.68. The first kappa shape index (κ1) is 22.2. The fourth-order valence-electron chi connectivity index (χ4n) is 5.67. The van der Waals surface area contributed by atoms with Gasteiger partial charge in [0.2, 0.25) is 5.89 Å². The summed E-state index contributed by atoms with van der Waals surface area (Å²) in [7, 11) is 0. The van der Waals surface area contributed by atoms with E-state index < -0.39 is 27.4 Å². The van der Waals surface area contributed by atoms with Gasteiger partial charge in [0.1, 0.15) is 0 Å². The van der Waals surface area contributed by atoms with Crippen LogP contribution in [0.1, 0.15) is 38.7 Å². The molecule has 0 bridgehead atoms. The molecule has 9 aromatic rings. The van der Waals surface area contributed by atoms with Gasteiger partial charge in [-0.3, -0.25) is 0 Å². The minimum Gasteiger partial charge on any atom is -0.498 e. The van der Waals surface area contributed by atoms with E-state index in [9.17, 15) is 0 Å². The van der Waals surface area contributed by atoms with Crippen LogP contribution in [0.15, 0.2) is 136 Å². The number of aryl methyl sites for hydroxylation is 4. The van der Waals surface area contributed by atoms with Gasteiger partial charge in [-0.1, -0.05) is 84.0 Å². The van der Waals surface area contributed by atoms with Crippen molar-refractivity contribution in [2.45, 2.75) is 27.4 Å². The molecule has 0 saturated carbocycles. The molecule has 0 N–H and O–H groups in total. The second-order valence-corrected chi connectivity index (χ2v) is 11.5. The Hall–Kier alpha value is -5.68. The molecule has 1 radical (unpaired) electrons. The first-order chi connectivity index (χ1) is 29.3. The molecule has 9 rings (SSSR count). The summed E-state index contributed by atoms with van der Waals surface area (Å²) in [6, 6.07) is 40.2. The average Bonchev–Trinajstić information content (AvgIpc) is 3.85. The summed E-state index contributed by atoms with van der Waals surface area (Å²) in [5, 5.41) is 1.55. The Kier molecular flexibility index (Phi) is 6.22. The third-order valence-corrected chi connectivity index (χ3v) is 8.21. The molecule has 0 atom stereocenters. The summed E-state index contributed by atoms with van der Waals surface area (Å²) in [4.78, 5) is 13.2. The van der Waals surface area contributed by atoms with Crippen LogP contribution < -0.4 is 0 Å².